The van der Waals surface area contributed by atoms with Gasteiger partial charge in [0.25, 0.3) is 0 Å². The summed E-state index contributed by atoms with van der Waals surface area (Å²) in [7, 11) is -3.56. The van der Waals surface area contributed by atoms with E-state index in [1.165, 1.54) is 0 Å². The van der Waals surface area contributed by atoms with Crippen LogP contribution in [0.5, 0.6) is 0 Å². The minimum atomic E-state index is -3.56. The lowest BCUT2D eigenvalue weighted by atomic mass is 10.2. The summed E-state index contributed by atoms with van der Waals surface area (Å²) >= 11 is 0. The van der Waals surface area contributed by atoms with E-state index in [1.54, 1.807) is 20.8 Å². The van der Waals surface area contributed by atoms with Gasteiger partial charge in [-0.15, -0.1) is 10.3 Å². The molecule has 21 heavy (non-hydrogen) atoms. The second kappa shape index (κ2) is 7.04. The fraction of sp³-hybridized carbons (Fsp3) is 1.00. The van der Waals surface area contributed by atoms with Crippen LogP contribution in [0.15, 0.2) is 0 Å². The Morgan fingerprint density at radius 2 is 1.76 bits per heavy atom. The van der Waals surface area contributed by atoms with Gasteiger partial charge in [-0.3, -0.25) is 4.57 Å². The highest BCUT2D eigenvalue weighted by Gasteiger charge is 2.59. The van der Waals surface area contributed by atoms with Crippen LogP contribution in [0.4, 0.5) is 0 Å². The van der Waals surface area contributed by atoms with Crippen LogP contribution < -0.4 is 0 Å². The van der Waals surface area contributed by atoms with Crippen molar-refractivity contribution in [3.05, 3.63) is 0 Å². The van der Waals surface area contributed by atoms with Crippen LogP contribution in [-0.2, 0) is 28.6 Å². The Labute approximate surface area is 126 Å². The summed E-state index contributed by atoms with van der Waals surface area (Å²) in [5.74, 6) is 0. The second-order valence-electron chi connectivity index (χ2n) is 6.16. The van der Waals surface area contributed by atoms with Gasteiger partial charge in [0.05, 0.1) is 18.8 Å². The Balaban J connectivity index is 2.85. The first-order valence-corrected chi connectivity index (χ1v) is 8.84. The molecule has 0 aromatic rings. The first-order chi connectivity index (χ1) is 9.59. The zero-order chi connectivity index (χ0) is 16.3. The molecule has 0 spiro atoms. The van der Waals surface area contributed by atoms with Crippen molar-refractivity contribution in [1.29, 1.82) is 0 Å². The molecule has 1 radical (unpaired) electrons. The Kier molecular flexibility index (Phi) is 6.39. The van der Waals surface area contributed by atoms with E-state index in [9.17, 15) is 9.77 Å². The summed E-state index contributed by atoms with van der Waals surface area (Å²) in [6.07, 6.45) is -0.0601. The molecule has 0 aliphatic carbocycles. The zero-order valence-electron chi connectivity index (χ0n) is 13.7. The molecule has 2 atom stereocenters. The van der Waals surface area contributed by atoms with Gasteiger partial charge in [-0.2, -0.15) is 0 Å². The van der Waals surface area contributed by atoms with Crippen LogP contribution in [-0.4, -0.2) is 35.4 Å². The van der Waals surface area contributed by atoms with Crippen molar-refractivity contribution in [2.45, 2.75) is 71.5 Å². The second-order valence-corrected chi connectivity index (χ2v) is 8.64. The minimum Gasteiger partial charge on any atom is -0.308 e. The molecule has 1 aliphatic heterocycles. The first kappa shape index (κ1) is 19.0. The van der Waals surface area contributed by atoms with E-state index >= 15 is 0 Å². The highest BCUT2D eigenvalue weighted by Crippen LogP contribution is 2.65. The van der Waals surface area contributed by atoms with Gasteiger partial charge in [0, 0.05) is 0 Å². The van der Waals surface area contributed by atoms with Gasteiger partial charge in [0.2, 0.25) is 0 Å². The Morgan fingerprint density at radius 3 is 2.19 bits per heavy atom. The van der Waals surface area contributed by atoms with Crippen LogP contribution in [0.2, 0.25) is 0 Å². The average Bonchev–Trinajstić information content (AvgIpc) is 2.65. The van der Waals surface area contributed by atoms with Crippen LogP contribution in [0.1, 0.15) is 54.4 Å². The average molecular weight is 324 g/mol. The van der Waals surface area contributed by atoms with E-state index in [2.05, 4.69) is 0 Å². The summed E-state index contributed by atoms with van der Waals surface area (Å²) < 4.78 is 23.5. The van der Waals surface area contributed by atoms with Gasteiger partial charge in [-0.1, -0.05) is 0 Å². The Bertz CT molecular complexity index is 375. The Morgan fingerprint density at radius 1 is 1.24 bits per heavy atom. The van der Waals surface area contributed by atoms with Crippen molar-refractivity contribution in [3.63, 3.8) is 0 Å². The third-order valence-electron chi connectivity index (χ3n) is 3.20. The molecule has 7 nitrogen and oxygen atoms in total. The van der Waals surface area contributed by atoms with Gasteiger partial charge in [0.15, 0.2) is 11.5 Å². The topological polar surface area (TPSA) is 77.1 Å². The quantitative estimate of drug-likeness (QED) is 0.405. The van der Waals surface area contributed by atoms with Gasteiger partial charge in [-0.25, -0.2) is 9.78 Å². The van der Waals surface area contributed by atoms with E-state index in [0.717, 1.165) is 0 Å². The predicted molar refractivity (Wildman–Crippen MR) is 76.7 cm³/mol. The van der Waals surface area contributed by atoms with Crippen molar-refractivity contribution in [2.24, 2.45) is 0 Å². The molecule has 0 aromatic heterocycles. The third kappa shape index (κ3) is 4.26. The molecule has 125 valence electrons. The SMILES string of the molecule is CCOP(=O)(OCC)[C@@]1(C)CC[C@H](OOC(C)(C)C)N1[O]. The summed E-state index contributed by atoms with van der Waals surface area (Å²) in [6, 6.07) is 0. The molecule has 1 saturated heterocycles. The van der Waals surface area contributed by atoms with Crippen LogP contribution >= 0.6 is 7.60 Å². The molecule has 0 bridgehead atoms. The van der Waals surface area contributed by atoms with Crippen LogP contribution in [0.25, 0.3) is 0 Å². The van der Waals surface area contributed by atoms with E-state index in [1.807, 2.05) is 20.8 Å². The molecule has 0 aromatic carbocycles. The van der Waals surface area contributed by atoms with Crippen molar-refractivity contribution in [2.75, 3.05) is 13.2 Å². The standard InChI is InChI=1S/C13H27NO6P/c1-7-17-21(16,18-8-2)13(6)10-9-11(14(13)15)19-20-12(3,4)5/h11H,7-10H2,1-6H3/t11-,13-/m0/s1. The molecule has 0 amide bonds. The fourth-order valence-electron chi connectivity index (χ4n) is 2.13. The largest absolute Gasteiger partial charge is 0.352 e. The van der Waals surface area contributed by atoms with Gasteiger partial charge >= 0.3 is 7.60 Å². The lowest BCUT2D eigenvalue weighted by molar-refractivity contribution is -0.426. The van der Waals surface area contributed by atoms with Crippen LogP contribution in [0, 0.1) is 0 Å². The molecule has 0 unspecified atom stereocenters. The lowest BCUT2D eigenvalue weighted by Gasteiger charge is -2.36. The zero-order valence-corrected chi connectivity index (χ0v) is 14.6. The molecule has 8 heteroatoms. The van der Waals surface area contributed by atoms with Gasteiger partial charge < -0.3 is 9.05 Å². The molecular weight excluding hydrogens is 297 g/mol. The normalized spacial score (nSPS) is 28.2. The van der Waals surface area contributed by atoms with Gasteiger partial charge in [-0.05, 0) is 54.4 Å². The number of hydrogen-bond donors (Lipinski definition) is 0. The molecule has 0 N–H and O–H groups in total. The molecule has 1 aliphatic rings. The van der Waals surface area contributed by atoms with Crippen molar-refractivity contribution < 1.29 is 28.6 Å². The maximum Gasteiger partial charge on any atom is 0.352 e. The first-order valence-electron chi connectivity index (χ1n) is 7.30. The molecule has 1 heterocycles. The number of hydrogen-bond acceptors (Lipinski definition) is 6. The fourth-order valence-corrected chi connectivity index (χ4v) is 4.22. The van der Waals surface area contributed by atoms with Crippen molar-refractivity contribution >= 4 is 7.60 Å². The van der Waals surface area contributed by atoms with E-state index in [-0.39, 0.29) is 13.2 Å². The lowest BCUT2D eigenvalue weighted by Crippen LogP contribution is -2.44. The maximum atomic E-state index is 12.9. The summed E-state index contributed by atoms with van der Waals surface area (Å²) in [4.78, 5) is 10.4. The molecular formula is C13H27NO6P. The van der Waals surface area contributed by atoms with Crippen molar-refractivity contribution in [1.82, 2.24) is 5.06 Å². The van der Waals surface area contributed by atoms with Crippen molar-refractivity contribution in [3.8, 4) is 0 Å². The van der Waals surface area contributed by atoms with Gasteiger partial charge in [0.1, 0.15) is 0 Å². The summed E-state index contributed by atoms with van der Waals surface area (Å²) in [6.45, 7) is 10.9. The third-order valence-corrected chi connectivity index (χ3v) is 6.00. The molecule has 1 fully saturated rings. The number of hydroxylamine groups is 2. The highest BCUT2D eigenvalue weighted by molar-refractivity contribution is 7.55. The molecule has 1 rings (SSSR count). The minimum absolute atomic E-state index is 0.213. The van der Waals surface area contributed by atoms with E-state index < -0.39 is 24.7 Å². The highest BCUT2D eigenvalue weighted by atomic mass is 31.2. The number of rotatable bonds is 7. The number of nitrogens with zero attached hydrogens (tertiary/aromatic N) is 1. The Hall–Kier alpha value is -0.0100. The smallest absolute Gasteiger partial charge is 0.308 e. The molecule has 0 saturated carbocycles. The van der Waals surface area contributed by atoms with E-state index in [0.29, 0.717) is 17.9 Å². The summed E-state index contributed by atoms with van der Waals surface area (Å²) in [5, 5.41) is 11.9. The maximum absolute atomic E-state index is 12.9. The van der Waals surface area contributed by atoms with Crippen LogP contribution in [0.3, 0.4) is 0 Å². The predicted octanol–water partition coefficient (Wildman–Crippen LogP) is 3.48. The van der Waals surface area contributed by atoms with E-state index in [4.69, 9.17) is 18.8 Å². The monoisotopic (exact) mass is 324 g/mol. The summed E-state index contributed by atoms with van der Waals surface area (Å²) in [5.41, 5.74) is -0.524.